The number of rotatable bonds is 7. The van der Waals surface area contributed by atoms with Crippen molar-refractivity contribution in [2.24, 2.45) is 11.8 Å². The maximum Gasteiger partial charge on any atom is 0.303 e. The molecule has 2 N–H and O–H groups in total. The highest BCUT2D eigenvalue weighted by Crippen LogP contribution is 2.36. The van der Waals surface area contributed by atoms with E-state index in [1.807, 2.05) is 0 Å². The molecule has 14 heavy (non-hydrogen) atoms. The van der Waals surface area contributed by atoms with Gasteiger partial charge in [0.25, 0.3) is 0 Å². The van der Waals surface area contributed by atoms with E-state index in [0.717, 1.165) is 24.8 Å². The molecule has 0 amide bonds. The molecular formula is C11H21NO2. The third-order valence-corrected chi connectivity index (χ3v) is 3.01. The Morgan fingerprint density at radius 3 is 2.64 bits per heavy atom. The standard InChI is InChI=1S/C11H21NO2/c1-8(10-4-5-10)7-12-9(2)3-6-11(13)14/h8-10,12H,3-7H2,1-2H3,(H,13,14). The molecule has 0 radical (unpaired) electrons. The maximum atomic E-state index is 10.3. The van der Waals surface area contributed by atoms with E-state index in [-0.39, 0.29) is 6.42 Å². The summed E-state index contributed by atoms with van der Waals surface area (Å²) >= 11 is 0. The van der Waals surface area contributed by atoms with Gasteiger partial charge in [-0.15, -0.1) is 0 Å². The Morgan fingerprint density at radius 2 is 2.14 bits per heavy atom. The van der Waals surface area contributed by atoms with Crippen molar-refractivity contribution in [3.63, 3.8) is 0 Å². The van der Waals surface area contributed by atoms with Gasteiger partial charge in [0.2, 0.25) is 0 Å². The molecule has 0 aromatic carbocycles. The predicted octanol–water partition coefficient (Wildman–Crippen LogP) is 1.88. The van der Waals surface area contributed by atoms with E-state index in [0.29, 0.717) is 6.04 Å². The third-order valence-electron chi connectivity index (χ3n) is 3.01. The molecule has 0 saturated heterocycles. The first-order valence-electron chi connectivity index (χ1n) is 5.54. The highest BCUT2D eigenvalue weighted by atomic mass is 16.4. The first kappa shape index (κ1) is 11.5. The van der Waals surface area contributed by atoms with Gasteiger partial charge in [0.15, 0.2) is 0 Å². The van der Waals surface area contributed by atoms with Crippen LogP contribution in [0.25, 0.3) is 0 Å². The van der Waals surface area contributed by atoms with E-state index < -0.39 is 5.97 Å². The topological polar surface area (TPSA) is 49.3 Å². The van der Waals surface area contributed by atoms with E-state index in [1.165, 1.54) is 12.8 Å². The molecule has 0 aromatic rings. The second-order valence-corrected chi connectivity index (χ2v) is 4.56. The molecule has 0 aromatic heterocycles. The number of aliphatic carboxylic acids is 1. The molecule has 0 spiro atoms. The fourth-order valence-electron chi connectivity index (χ4n) is 1.66. The second kappa shape index (κ2) is 5.35. The Morgan fingerprint density at radius 1 is 1.50 bits per heavy atom. The van der Waals surface area contributed by atoms with Gasteiger partial charge < -0.3 is 10.4 Å². The lowest BCUT2D eigenvalue weighted by molar-refractivity contribution is -0.137. The summed E-state index contributed by atoms with van der Waals surface area (Å²) < 4.78 is 0. The van der Waals surface area contributed by atoms with E-state index in [4.69, 9.17) is 5.11 Å². The minimum Gasteiger partial charge on any atom is -0.481 e. The summed E-state index contributed by atoms with van der Waals surface area (Å²) in [4.78, 5) is 10.3. The minimum atomic E-state index is -0.700. The number of carboxylic acids is 1. The van der Waals surface area contributed by atoms with Crippen molar-refractivity contribution in [3.8, 4) is 0 Å². The quantitative estimate of drug-likeness (QED) is 0.658. The number of carboxylic acid groups (broad SMARTS) is 1. The number of nitrogens with one attached hydrogen (secondary N) is 1. The molecule has 3 nitrogen and oxygen atoms in total. The lowest BCUT2D eigenvalue weighted by Gasteiger charge is -2.16. The Kier molecular flexibility index (Phi) is 4.39. The summed E-state index contributed by atoms with van der Waals surface area (Å²) in [7, 11) is 0. The molecule has 2 atom stereocenters. The van der Waals surface area contributed by atoms with Gasteiger partial charge in [0.1, 0.15) is 0 Å². The Labute approximate surface area is 85.9 Å². The van der Waals surface area contributed by atoms with Crippen LogP contribution in [0.5, 0.6) is 0 Å². The van der Waals surface area contributed by atoms with Crippen molar-refractivity contribution in [2.45, 2.75) is 45.6 Å². The minimum absolute atomic E-state index is 0.270. The number of hydrogen-bond acceptors (Lipinski definition) is 2. The zero-order valence-electron chi connectivity index (χ0n) is 9.12. The smallest absolute Gasteiger partial charge is 0.303 e. The van der Waals surface area contributed by atoms with Crippen LogP contribution in [-0.2, 0) is 4.79 Å². The first-order valence-corrected chi connectivity index (χ1v) is 5.54. The van der Waals surface area contributed by atoms with Gasteiger partial charge in [-0.05, 0) is 44.6 Å². The van der Waals surface area contributed by atoms with Crippen molar-refractivity contribution >= 4 is 5.97 Å². The molecule has 0 bridgehead atoms. The average molecular weight is 199 g/mol. The van der Waals surface area contributed by atoms with E-state index in [9.17, 15) is 4.79 Å². The predicted molar refractivity (Wildman–Crippen MR) is 56.2 cm³/mol. The SMILES string of the molecule is CC(CCC(=O)O)NCC(C)C1CC1. The van der Waals surface area contributed by atoms with E-state index in [2.05, 4.69) is 19.2 Å². The van der Waals surface area contributed by atoms with E-state index >= 15 is 0 Å². The van der Waals surface area contributed by atoms with Crippen LogP contribution in [0, 0.1) is 11.8 Å². The lowest BCUT2D eigenvalue weighted by atomic mass is 10.1. The zero-order valence-corrected chi connectivity index (χ0v) is 9.12. The van der Waals surface area contributed by atoms with Crippen LogP contribution in [0.4, 0.5) is 0 Å². The van der Waals surface area contributed by atoms with E-state index in [1.54, 1.807) is 0 Å². The molecule has 1 fully saturated rings. The average Bonchev–Trinajstić information content (AvgIpc) is 2.93. The third kappa shape index (κ3) is 4.61. The van der Waals surface area contributed by atoms with Crippen molar-refractivity contribution in [1.82, 2.24) is 5.32 Å². The van der Waals surface area contributed by atoms with Crippen molar-refractivity contribution in [2.75, 3.05) is 6.54 Å². The molecular weight excluding hydrogens is 178 g/mol. The van der Waals surface area contributed by atoms with Crippen LogP contribution in [0.2, 0.25) is 0 Å². The van der Waals surface area contributed by atoms with Crippen molar-refractivity contribution in [3.05, 3.63) is 0 Å². The summed E-state index contributed by atoms with van der Waals surface area (Å²) in [6, 6.07) is 0.326. The molecule has 3 heteroatoms. The summed E-state index contributed by atoms with van der Waals surface area (Å²) in [6.45, 7) is 5.36. The molecule has 0 heterocycles. The summed E-state index contributed by atoms with van der Waals surface area (Å²) in [5.74, 6) is 0.977. The molecule has 1 aliphatic carbocycles. The van der Waals surface area contributed by atoms with Crippen LogP contribution in [0.1, 0.15) is 39.5 Å². The van der Waals surface area contributed by atoms with Crippen LogP contribution >= 0.6 is 0 Å². The Hall–Kier alpha value is -0.570. The zero-order chi connectivity index (χ0) is 10.6. The molecule has 82 valence electrons. The molecule has 2 unspecified atom stereocenters. The Balaban J connectivity index is 2.01. The van der Waals surface area contributed by atoms with Gasteiger partial charge >= 0.3 is 5.97 Å². The summed E-state index contributed by atoms with van der Waals surface area (Å²) in [5, 5.41) is 11.9. The van der Waals surface area contributed by atoms with Crippen LogP contribution < -0.4 is 5.32 Å². The largest absolute Gasteiger partial charge is 0.481 e. The molecule has 1 saturated carbocycles. The molecule has 0 aliphatic heterocycles. The fourth-order valence-corrected chi connectivity index (χ4v) is 1.66. The van der Waals surface area contributed by atoms with Crippen LogP contribution in [-0.4, -0.2) is 23.7 Å². The van der Waals surface area contributed by atoms with Crippen molar-refractivity contribution in [1.29, 1.82) is 0 Å². The fraction of sp³-hybridized carbons (Fsp3) is 0.909. The van der Waals surface area contributed by atoms with Gasteiger partial charge in [-0.25, -0.2) is 0 Å². The molecule has 1 aliphatic rings. The van der Waals surface area contributed by atoms with Crippen molar-refractivity contribution < 1.29 is 9.90 Å². The van der Waals surface area contributed by atoms with Gasteiger partial charge in [-0.1, -0.05) is 6.92 Å². The monoisotopic (exact) mass is 199 g/mol. The number of hydrogen-bond donors (Lipinski definition) is 2. The van der Waals surface area contributed by atoms with Gasteiger partial charge in [-0.2, -0.15) is 0 Å². The second-order valence-electron chi connectivity index (χ2n) is 4.56. The maximum absolute atomic E-state index is 10.3. The van der Waals surface area contributed by atoms with Gasteiger partial charge in [0, 0.05) is 12.5 Å². The van der Waals surface area contributed by atoms with Crippen LogP contribution in [0.15, 0.2) is 0 Å². The van der Waals surface area contributed by atoms with Gasteiger partial charge in [-0.3, -0.25) is 4.79 Å². The normalized spacial score (nSPS) is 20.4. The lowest BCUT2D eigenvalue weighted by Crippen LogP contribution is -2.31. The van der Waals surface area contributed by atoms with Gasteiger partial charge in [0.05, 0.1) is 0 Å². The highest BCUT2D eigenvalue weighted by molar-refractivity contribution is 5.66. The molecule has 1 rings (SSSR count). The summed E-state index contributed by atoms with van der Waals surface area (Å²) in [6.07, 6.45) is 3.76. The first-order chi connectivity index (χ1) is 6.59. The van der Waals surface area contributed by atoms with Crippen LogP contribution in [0.3, 0.4) is 0 Å². The number of carbonyl (C=O) groups is 1. The summed E-state index contributed by atoms with van der Waals surface area (Å²) in [5.41, 5.74) is 0. The Bertz CT molecular complexity index is 190. The highest BCUT2D eigenvalue weighted by Gasteiger charge is 2.27.